The highest BCUT2D eigenvalue weighted by atomic mass is 32.2. The molecule has 0 bridgehead atoms. The summed E-state index contributed by atoms with van der Waals surface area (Å²) in [6, 6.07) is 11.5. The fourth-order valence-electron chi connectivity index (χ4n) is 1.87. The lowest BCUT2D eigenvalue weighted by Gasteiger charge is -2.09. The summed E-state index contributed by atoms with van der Waals surface area (Å²) in [6.07, 6.45) is 0. The molecule has 0 fully saturated rings. The number of methoxy groups -OCH3 is 1. The number of sulfonamides is 1. The highest BCUT2D eigenvalue weighted by Gasteiger charge is 2.16. The summed E-state index contributed by atoms with van der Waals surface area (Å²) in [6.45, 7) is 2.29. The number of rotatable bonds is 7. The van der Waals surface area contributed by atoms with Crippen LogP contribution in [0.4, 0.5) is 4.39 Å². The summed E-state index contributed by atoms with van der Waals surface area (Å²) in [5, 5.41) is 0. The minimum Gasteiger partial charge on any atom is -0.494 e. The van der Waals surface area contributed by atoms with E-state index < -0.39 is 15.8 Å². The molecular weight excluding hydrogens is 337 g/mol. The zero-order valence-electron chi connectivity index (χ0n) is 12.9. The van der Waals surface area contributed by atoms with Crippen LogP contribution in [-0.4, -0.2) is 27.8 Å². The van der Waals surface area contributed by atoms with Crippen molar-refractivity contribution in [2.24, 2.45) is 0 Å². The molecule has 0 radical (unpaired) electrons. The Labute approximate surface area is 140 Å². The monoisotopic (exact) mass is 355 g/mol. The van der Waals surface area contributed by atoms with E-state index in [1.54, 1.807) is 11.8 Å². The first-order chi connectivity index (χ1) is 10.9. The Morgan fingerprint density at radius 2 is 1.87 bits per heavy atom. The van der Waals surface area contributed by atoms with Crippen LogP contribution >= 0.6 is 11.8 Å². The number of thioether (sulfide) groups is 1. The van der Waals surface area contributed by atoms with Gasteiger partial charge in [-0.05, 0) is 31.2 Å². The number of hydrogen-bond donors (Lipinski definition) is 1. The first-order valence-electron chi connectivity index (χ1n) is 6.95. The molecule has 0 aliphatic heterocycles. The second-order valence-corrected chi connectivity index (χ2v) is 7.79. The molecule has 0 unspecified atom stereocenters. The number of benzene rings is 2. The molecule has 2 aromatic carbocycles. The molecule has 4 nitrogen and oxygen atoms in total. The maximum Gasteiger partial charge on any atom is 0.240 e. The van der Waals surface area contributed by atoms with Crippen LogP contribution in [0.2, 0.25) is 0 Å². The summed E-state index contributed by atoms with van der Waals surface area (Å²) in [5.74, 6) is -0.0936. The van der Waals surface area contributed by atoms with E-state index in [1.165, 1.54) is 24.8 Å². The molecule has 0 heterocycles. The van der Waals surface area contributed by atoms with Gasteiger partial charge in [0.05, 0.1) is 12.0 Å². The molecule has 0 spiro atoms. The zero-order valence-corrected chi connectivity index (χ0v) is 14.5. The smallest absolute Gasteiger partial charge is 0.240 e. The van der Waals surface area contributed by atoms with E-state index in [4.69, 9.17) is 4.74 Å². The van der Waals surface area contributed by atoms with Crippen LogP contribution in [0.1, 0.15) is 5.56 Å². The highest BCUT2D eigenvalue weighted by Crippen LogP contribution is 2.21. The summed E-state index contributed by atoms with van der Waals surface area (Å²) in [4.78, 5) is 1.06. The fraction of sp³-hybridized carbons (Fsp3) is 0.250. The number of ether oxygens (including phenoxy) is 1. The first kappa shape index (κ1) is 17.8. The Morgan fingerprint density at radius 1 is 1.17 bits per heavy atom. The molecule has 0 aliphatic rings. The van der Waals surface area contributed by atoms with Crippen LogP contribution in [0.15, 0.2) is 52.3 Å². The number of hydrogen-bond acceptors (Lipinski definition) is 4. The molecule has 0 atom stereocenters. The second-order valence-electron chi connectivity index (χ2n) is 4.86. The lowest BCUT2D eigenvalue weighted by atomic mass is 10.2. The van der Waals surface area contributed by atoms with Crippen molar-refractivity contribution in [1.29, 1.82) is 0 Å². The Bertz CT molecular complexity index is 761. The first-order valence-corrected chi connectivity index (χ1v) is 9.42. The average Bonchev–Trinajstić information content (AvgIpc) is 2.53. The van der Waals surface area contributed by atoms with Gasteiger partial charge < -0.3 is 4.74 Å². The van der Waals surface area contributed by atoms with E-state index in [0.29, 0.717) is 5.75 Å². The van der Waals surface area contributed by atoms with Gasteiger partial charge in [0.15, 0.2) is 11.6 Å². The molecule has 2 aromatic rings. The van der Waals surface area contributed by atoms with Crippen molar-refractivity contribution in [2.75, 3.05) is 19.4 Å². The molecule has 2 rings (SSSR count). The van der Waals surface area contributed by atoms with E-state index in [-0.39, 0.29) is 17.2 Å². The molecule has 0 aromatic heterocycles. The maximum absolute atomic E-state index is 13.3. The molecule has 0 amide bonds. The van der Waals surface area contributed by atoms with Crippen LogP contribution in [0, 0.1) is 12.7 Å². The number of halogens is 1. The van der Waals surface area contributed by atoms with E-state index in [1.807, 2.05) is 31.2 Å². The van der Waals surface area contributed by atoms with Crippen LogP contribution in [0.3, 0.4) is 0 Å². The van der Waals surface area contributed by atoms with Crippen molar-refractivity contribution in [3.8, 4) is 5.75 Å². The van der Waals surface area contributed by atoms with Gasteiger partial charge >= 0.3 is 0 Å². The Kier molecular flexibility index (Phi) is 6.04. The molecule has 0 aliphatic carbocycles. The molecule has 23 heavy (non-hydrogen) atoms. The van der Waals surface area contributed by atoms with Gasteiger partial charge in [0.1, 0.15) is 0 Å². The predicted octanol–water partition coefficient (Wildman–Crippen LogP) is 3.21. The van der Waals surface area contributed by atoms with E-state index >= 15 is 0 Å². The molecule has 1 N–H and O–H groups in total. The topological polar surface area (TPSA) is 55.4 Å². The summed E-state index contributed by atoms with van der Waals surface area (Å²) in [5.41, 5.74) is 1.18. The molecular formula is C16H18FNO3S2. The van der Waals surface area contributed by atoms with Gasteiger partial charge in [0.25, 0.3) is 0 Å². The molecule has 124 valence electrons. The van der Waals surface area contributed by atoms with Crippen molar-refractivity contribution in [2.45, 2.75) is 16.7 Å². The quantitative estimate of drug-likeness (QED) is 0.612. The Morgan fingerprint density at radius 3 is 2.52 bits per heavy atom. The van der Waals surface area contributed by atoms with Crippen molar-refractivity contribution in [1.82, 2.24) is 4.72 Å². The van der Waals surface area contributed by atoms with Gasteiger partial charge in [0, 0.05) is 23.3 Å². The second kappa shape index (κ2) is 7.81. The molecule has 0 saturated carbocycles. The average molecular weight is 355 g/mol. The van der Waals surface area contributed by atoms with Crippen LogP contribution in [0.5, 0.6) is 5.75 Å². The largest absolute Gasteiger partial charge is 0.494 e. The van der Waals surface area contributed by atoms with Gasteiger partial charge in [-0.1, -0.05) is 17.7 Å². The van der Waals surface area contributed by atoms with Gasteiger partial charge in [-0.15, -0.1) is 11.8 Å². The zero-order chi connectivity index (χ0) is 16.9. The molecule has 7 heteroatoms. The van der Waals surface area contributed by atoms with Gasteiger partial charge in [0.2, 0.25) is 10.0 Å². The van der Waals surface area contributed by atoms with Gasteiger partial charge in [-0.3, -0.25) is 0 Å². The van der Waals surface area contributed by atoms with Crippen molar-refractivity contribution in [3.63, 3.8) is 0 Å². The lowest BCUT2D eigenvalue weighted by molar-refractivity contribution is 0.385. The van der Waals surface area contributed by atoms with Crippen LogP contribution in [-0.2, 0) is 10.0 Å². The summed E-state index contributed by atoms with van der Waals surface area (Å²) < 4.78 is 45.0. The maximum atomic E-state index is 13.3. The predicted molar refractivity (Wildman–Crippen MR) is 90.0 cm³/mol. The fourth-order valence-corrected chi connectivity index (χ4v) is 3.81. The van der Waals surface area contributed by atoms with Crippen molar-refractivity contribution >= 4 is 21.8 Å². The normalized spacial score (nSPS) is 11.4. The number of nitrogens with one attached hydrogen (secondary N) is 1. The van der Waals surface area contributed by atoms with E-state index in [9.17, 15) is 12.8 Å². The third-order valence-corrected chi connectivity index (χ3v) is 5.59. The van der Waals surface area contributed by atoms with Crippen molar-refractivity contribution < 1.29 is 17.5 Å². The van der Waals surface area contributed by atoms with Gasteiger partial charge in [-0.25, -0.2) is 17.5 Å². The Hall–Kier alpha value is -1.57. The van der Waals surface area contributed by atoms with Gasteiger partial charge in [-0.2, -0.15) is 0 Å². The minimum atomic E-state index is -3.68. The van der Waals surface area contributed by atoms with Crippen LogP contribution in [0.25, 0.3) is 0 Å². The van der Waals surface area contributed by atoms with Crippen LogP contribution < -0.4 is 9.46 Å². The summed E-state index contributed by atoms with van der Waals surface area (Å²) in [7, 11) is -2.39. The third-order valence-electron chi connectivity index (χ3n) is 3.12. The number of aryl methyl sites for hydroxylation is 1. The van der Waals surface area contributed by atoms with E-state index in [2.05, 4.69) is 4.72 Å². The minimum absolute atomic E-state index is 0.0175. The third kappa shape index (κ3) is 4.95. The standard InChI is InChI=1S/C16H18FNO3S2/c1-12-3-5-13(6-4-12)22-10-9-18-23(19,20)14-7-8-15(17)16(11-14)21-2/h3-8,11,18H,9-10H2,1-2H3. The van der Waals surface area contributed by atoms with E-state index in [0.717, 1.165) is 11.0 Å². The van der Waals surface area contributed by atoms with Crippen molar-refractivity contribution in [3.05, 3.63) is 53.8 Å². The highest BCUT2D eigenvalue weighted by molar-refractivity contribution is 7.99. The Balaban J connectivity index is 1.92. The summed E-state index contributed by atoms with van der Waals surface area (Å²) >= 11 is 1.56. The SMILES string of the molecule is COc1cc(S(=O)(=O)NCCSc2ccc(C)cc2)ccc1F. The lowest BCUT2D eigenvalue weighted by Crippen LogP contribution is -2.26. The molecule has 0 saturated heterocycles.